The number of halogens is 1. The number of hydrogen-bond donors (Lipinski definition) is 0. The van der Waals surface area contributed by atoms with Crippen molar-refractivity contribution in [3.05, 3.63) is 28.5 Å². The summed E-state index contributed by atoms with van der Waals surface area (Å²) in [6, 6.07) is 3.16. The van der Waals surface area contributed by atoms with Crippen molar-refractivity contribution < 1.29 is 9.59 Å². The molecule has 0 saturated carbocycles. The van der Waals surface area contributed by atoms with Gasteiger partial charge in [-0.05, 0) is 30.9 Å². The van der Waals surface area contributed by atoms with Gasteiger partial charge < -0.3 is 0 Å². The van der Waals surface area contributed by atoms with Crippen molar-refractivity contribution in [3.63, 3.8) is 0 Å². The topological polar surface area (TPSA) is 50.3 Å². The minimum absolute atomic E-state index is 0.103. The van der Waals surface area contributed by atoms with Crippen LogP contribution in [0.4, 0.5) is 0 Å². The van der Waals surface area contributed by atoms with Crippen molar-refractivity contribution in [2.75, 3.05) is 6.54 Å². The van der Waals surface area contributed by atoms with E-state index in [4.69, 9.17) is 11.6 Å². The number of nitrogens with zero attached hydrogens (tertiary/aromatic N) is 2. The summed E-state index contributed by atoms with van der Waals surface area (Å²) in [5.41, 5.74) is 1.10. The fourth-order valence-corrected chi connectivity index (χ4v) is 2.54. The number of carbonyl (C=O) groups excluding carboxylic acids is 2. The number of pyridine rings is 1. The number of likely N-dealkylation sites (tertiary alicyclic amines) is 1. The Morgan fingerprint density at radius 2 is 2.16 bits per heavy atom. The highest BCUT2D eigenvalue weighted by atomic mass is 35.5. The summed E-state index contributed by atoms with van der Waals surface area (Å²) in [4.78, 5) is 29.6. The minimum atomic E-state index is -0.277. The SMILES string of the molecule is Cc1cc(C(=O)N2CC(C(C)C)CC2=O)cc(Cl)n1. The highest BCUT2D eigenvalue weighted by Gasteiger charge is 2.35. The molecule has 1 unspecified atom stereocenters. The van der Waals surface area contributed by atoms with Crippen molar-refractivity contribution >= 4 is 23.4 Å². The Morgan fingerprint density at radius 1 is 1.47 bits per heavy atom. The van der Waals surface area contributed by atoms with Gasteiger partial charge in [-0.3, -0.25) is 14.5 Å². The summed E-state index contributed by atoms with van der Waals surface area (Å²) in [6.07, 6.45) is 0.446. The number of hydrogen-bond acceptors (Lipinski definition) is 3. The van der Waals surface area contributed by atoms with Crippen molar-refractivity contribution in [1.82, 2.24) is 9.88 Å². The predicted molar refractivity (Wildman–Crippen MR) is 73.0 cm³/mol. The van der Waals surface area contributed by atoms with E-state index in [1.807, 2.05) is 0 Å². The third kappa shape index (κ3) is 2.95. The van der Waals surface area contributed by atoms with Gasteiger partial charge in [0.1, 0.15) is 5.15 Å². The molecule has 2 amide bonds. The number of carbonyl (C=O) groups is 2. The molecule has 1 aromatic heterocycles. The van der Waals surface area contributed by atoms with E-state index in [2.05, 4.69) is 18.8 Å². The highest BCUT2D eigenvalue weighted by molar-refractivity contribution is 6.29. The van der Waals surface area contributed by atoms with Crippen LogP contribution in [0.2, 0.25) is 5.15 Å². The molecule has 102 valence electrons. The third-order valence-corrected chi connectivity index (χ3v) is 3.71. The normalized spacial score (nSPS) is 19.3. The Balaban J connectivity index is 2.22. The molecular weight excluding hydrogens is 264 g/mol. The molecule has 1 fully saturated rings. The largest absolute Gasteiger partial charge is 0.278 e. The first kappa shape index (κ1) is 14.0. The molecule has 1 aliphatic rings. The summed E-state index contributed by atoms with van der Waals surface area (Å²) in [7, 11) is 0. The lowest BCUT2D eigenvalue weighted by atomic mass is 9.95. The maximum absolute atomic E-state index is 12.3. The molecule has 1 saturated heterocycles. The molecule has 0 aliphatic carbocycles. The van der Waals surface area contributed by atoms with Crippen LogP contribution in [0.5, 0.6) is 0 Å². The lowest BCUT2D eigenvalue weighted by Crippen LogP contribution is -2.32. The molecule has 0 spiro atoms. The van der Waals surface area contributed by atoms with Crippen LogP contribution in [-0.4, -0.2) is 28.2 Å². The zero-order valence-electron chi connectivity index (χ0n) is 11.3. The molecule has 5 heteroatoms. The molecule has 1 aliphatic heterocycles. The molecule has 1 aromatic rings. The van der Waals surface area contributed by atoms with Crippen LogP contribution < -0.4 is 0 Å². The molecule has 0 N–H and O–H groups in total. The first-order chi connectivity index (χ1) is 8.88. The van der Waals surface area contributed by atoms with Crippen LogP contribution in [0.1, 0.15) is 36.3 Å². The number of amides is 2. The Kier molecular flexibility index (Phi) is 3.90. The van der Waals surface area contributed by atoms with Crippen LogP contribution >= 0.6 is 11.6 Å². The number of aromatic nitrogens is 1. The Morgan fingerprint density at radius 3 is 2.68 bits per heavy atom. The van der Waals surface area contributed by atoms with Gasteiger partial charge in [0.15, 0.2) is 0 Å². The summed E-state index contributed by atoms with van der Waals surface area (Å²) in [6.45, 7) is 6.40. The van der Waals surface area contributed by atoms with Gasteiger partial charge in [-0.25, -0.2) is 4.98 Å². The second kappa shape index (κ2) is 5.29. The number of rotatable bonds is 2. The summed E-state index contributed by atoms with van der Waals surface area (Å²) in [5.74, 6) is 0.259. The van der Waals surface area contributed by atoms with Crippen molar-refractivity contribution in [2.45, 2.75) is 27.2 Å². The maximum atomic E-state index is 12.3. The van der Waals surface area contributed by atoms with Crippen LogP contribution in [0, 0.1) is 18.8 Å². The molecule has 2 heterocycles. The van der Waals surface area contributed by atoms with E-state index in [-0.39, 0.29) is 22.9 Å². The average molecular weight is 281 g/mol. The molecule has 2 rings (SSSR count). The van der Waals surface area contributed by atoms with Gasteiger partial charge in [0.2, 0.25) is 5.91 Å². The van der Waals surface area contributed by atoms with Gasteiger partial charge in [0.05, 0.1) is 0 Å². The standard InChI is InChI=1S/C14H17ClN2O2/c1-8(2)11-6-13(18)17(7-11)14(19)10-4-9(3)16-12(15)5-10/h4-5,8,11H,6-7H2,1-3H3. The Hall–Kier alpha value is -1.42. The van der Waals surface area contributed by atoms with Crippen LogP contribution in [-0.2, 0) is 4.79 Å². The van der Waals surface area contributed by atoms with E-state index in [9.17, 15) is 9.59 Å². The van der Waals surface area contributed by atoms with E-state index in [1.54, 1.807) is 13.0 Å². The zero-order chi connectivity index (χ0) is 14.2. The summed E-state index contributed by atoms with van der Waals surface area (Å²) < 4.78 is 0. The van der Waals surface area contributed by atoms with Gasteiger partial charge in [-0.2, -0.15) is 0 Å². The summed E-state index contributed by atoms with van der Waals surface area (Å²) in [5, 5.41) is 0.274. The van der Waals surface area contributed by atoms with Crippen molar-refractivity contribution in [1.29, 1.82) is 0 Å². The molecular formula is C14H17ClN2O2. The quantitative estimate of drug-likeness (QED) is 0.618. The van der Waals surface area contributed by atoms with Gasteiger partial charge in [0, 0.05) is 24.2 Å². The van der Waals surface area contributed by atoms with E-state index in [1.165, 1.54) is 11.0 Å². The van der Waals surface area contributed by atoms with E-state index < -0.39 is 0 Å². The lowest BCUT2D eigenvalue weighted by Gasteiger charge is -2.16. The molecule has 4 nitrogen and oxygen atoms in total. The fraction of sp³-hybridized carbons (Fsp3) is 0.500. The summed E-state index contributed by atoms with van der Waals surface area (Å²) >= 11 is 5.85. The van der Waals surface area contributed by atoms with Gasteiger partial charge >= 0.3 is 0 Å². The number of aryl methyl sites for hydroxylation is 1. The molecule has 0 bridgehead atoms. The van der Waals surface area contributed by atoms with Crippen molar-refractivity contribution in [2.24, 2.45) is 11.8 Å². The fourth-order valence-electron chi connectivity index (χ4n) is 2.29. The first-order valence-electron chi connectivity index (χ1n) is 6.37. The molecule has 19 heavy (non-hydrogen) atoms. The Bertz CT molecular complexity index is 508. The minimum Gasteiger partial charge on any atom is -0.278 e. The highest BCUT2D eigenvalue weighted by Crippen LogP contribution is 2.26. The monoisotopic (exact) mass is 280 g/mol. The van der Waals surface area contributed by atoms with Crippen LogP contribution in [0.15, 0.2) is 12.1 Å². The molecule has 1 atom stereocenters. The van der Waals surface area contributed by atoms with Gasteiger partial charge in [-0.1, -0.05) is 25.4 Å². The average Bonchev–Trinajstić information content (AvgIpc) is 2.69. The van der Waals surface area contributed by atoms with Crippen LogP contribution in [0.3, 0.4) is 0 Å². The van der Waals surface area contributed by atoms with Crippen molar-refractivity contribution in [3.8, 4) is 0 Å². The Labute approximate surface area is 117 Å². The lowest BCUT2D eigenvalue weighted by molar-refractivity contribution is -0.125. The molecule has 0 radical (unpaired) electrons. The van der Waals surface area contributed by atoms with E-state index in [0.717, 1.165) is 0 Å². The van der Waals surface area contributed by atoms with Crippen LogP contribution in [0.25, 0.3) is 0 Å². The second-order valence-corrected chi connectivity index (χ2v) is 5.72. The molecule has 0 aromatic carbocycles. The zero-order valence-corrected chi connectivity index (χ0v) is 12.1. The predicted octanol–water partition coefficient (Wildman–Crippen LogP) is 2.69. The van der Waals surface area contributed by atoms with Gasteiger partial charge in [0.25, 0.3) is 5.91 Å². The third-order valence-electron chi connectivity index (χ3n) is 3.51. The maximum Gasteiger partial charge on any atom is 0.260 e. The van der Waals surface area contributed by atoms with E-state index in [0.29, 0.717) is 30.1 Å². The number of imide groups is 1. The second-order valence-electron chi connectivity index (χ2n) is 5.34. The smallest absolute Gasteiger partial charge is 0.260 e. The van der Waals surface area contributed by atoms with E-state index >= 15 is 0 Å². The van der Waals surface area contributed by atoms with Gasteiger partial charge in [-0.15, -0.1) is 0 Å². The first-order valence-corrected chi connectivity index (χ1v) is 6.75.